The summed E-state index contributed by atoms with van der Waals surface area (Å²) in [6.07, 6.45) is 2.67. The third-order valence-corrected chi connectivity index (χ3v) is 4.64. The van der Waals surface area contributed by atoms with E-state index in [1.807, 2.05) is 4.90 Å². The Morgan fingerprint density at radius 1 is 1.29 bits per heavy atom. The summed E-state index contributed by atoms with van der Waals surface area (Å²) in [4.78, 5) is 38.3. The number of piperidine rings is 1. The lowest BCUT2D eigenvalue weighted by molar-refractivity contribution is -0.125. The third-order valence-electron chi connectivity index (χ3n) is 4.64. The van der Waals surface area contributed by atoms with Gasteiger partial charge in [-0.1, -0.05) is 13.8 Å². The molecule has 7 nitrogen and oxygen atoms in total. The number of amides is 1. The van der Waals surface area contributed by atoms with Crippen LogP contribution in [0, 0.1) is 11.8 Å². The molecule has 1 atom stereocenters. The average Bonchev–Trinajstić information content (AvgIpc) is 2.56. The molecule has 0 spiro atoms. The summed E-state index contributed by atoms with van der Waals surface area (Å²) in [5.74, 6) is 1.10. The van der Waals surface area contributed by atoms with Gasteiger partial charge in [0.1, 0.15) is 5.82 Å². The highest BCUT2D eigenvalue weighted by molar-refractivity contribution is 5.79. The van der Waals surface area contributed by atoms with Crippen LogP contribution >= 0.6 is 0 Å². The number of nitrogens with one attached hydrogen (secondary N) is 1. The van der Waals surface area contributed by atoms with Crippen molar-refractivity contribution in [3.8, 4) is 0 Å². The average molecular weight is 336 g/mol. The monoisotopic (exact) mass is 336 g/mol. The van der Waals surface area contributed by atoms with Crippen LogP contribution in [0.15, 0.2) is 15.7 Å². The number of nitrogens with zero attached hydrogens (tertiary/aromatic N) is 3. The molecule has 0 saturated carbocycles. The predicted octanol–water partition coefficient (Wildman–Crippen LogP) is 0.463. The van der Waals surface area contributed by atoms with Gasteiger partial charge in [0, 0.05) is 39.8 Å². The van der Waals surface area contributed by atoms with Crippen molar-refractivity contribution < 1.29 is 4.79 Å². The standard InChI is InChI=1S/C17H28N4O3/c1-12(2)7-8-18-16(23)13-6-5-9-21(11-13)14-10-15(22)20(4)17(24)19(14)3/h10,12-13H,5-9,11H2,1-4H3,(H,18,23). The highest BCUT2D eigenvalue weighted by Gasteiger charge is 2.27. The van der Waals surface area contributed by atoms with Crippen molar-refractivity contribution in [3.63, 3.8) is 0 Å². The van der Waals surface area contributed by atoms with Crippen molar-refractivity contribution in [1.82, 2.24) is 14.5 Å². The Kier molecular flexibility index (Phi) is 5.85. The molecule has 0 aromatic carbocycles. The molecule has 1 N–H and O–H groups in total. The molecule has 1 aliphatic heterocycles. The van der Waals surface area contributed by atoms with Crippen LogP contribution in [0.2, 0.25) is 0 Å². The molecule has 0 radical (unpaired) electrons. The maximum absolute atomic E-state index is 12.4. The van der Waals surface area contributed by atoms with E-state index in [1.165, 1.54) is 17.7 Å². The van der Waals surface area contributed by atoms with Crippen LogP contribution in [0.1, 0.15) is 33.1 Å². The van der Waals surface area contributed by atoms with E-state index in [0.29, 0.717) is 24.8 Å². The second-order valence-electron chi connectivity index (χ2n) is 7.00. The molecule has 7 heteroatoms. The summed E-state index contributed by atoms with van der Waals surface area (Å²) >= 11 is 0. The molecule has 2 heterocycles. The van der Waals surface area contributed by atoms with E-state index in [9.17, 15) is 14.4 Å². The molecule has 1 fully saturated rings. The number of carbonyl (C=O) groups excluding carboxylic acids is 1. The van der Waals surface area contributed by atoms with Crippen molar-refractivity contribution in [2.24, 2.45) is 25.9 Å². The van der Waals surface area contributed by atoms with Gasteiger partial charge in [0.05, 0.1) is 5.92 Å². The summed E-state index contributed by atoms with van der Waals surface area (Å²) in [6, 6.07) is 1.47. The molecule has 1 aliphatic rings. The van der Waals surface area contributed by atoms with Crippen molar-refractivity contribution in [2.75, 3.05) is 24.5 Å². The summed E-state index contributed by atoms with van der Waals surface area (Å²) in [7, 11) is 3.12. The highest BCUT2D eigenvalue weighted by atomic mass is 16.2. The van der Waals surface area contributed by atoms with E-state index >= 15 is 0 Å². The molecule has 1 unspecified atom stereocenters. The number of rotatable bonds is 5. The highest BCUT2D eigenvalue weighted by Crippen LogP contribution is 2.21. The van der Waals surface area contributed by atoms with E-state index in [2.05, 4.69) is 19.2 Å². The number of carbonyl (C=O) groups is 1. The number of hydrogen-bond donors (Lipinski definition) is 1. The van der Waals surface area contributed by atoms with E-state index in [4.69, 9.17) is 0 Å². The zero-order valence-electron chi connectivity index (χ0n) is 15.0. The van der Waals surface area contributed by atoms with Gasteiger partial charge in [0.2, 0.25) is 5.91 Å². The molecular formula is C17H28N4O3. The fraction of sp³-hybridized carbons (Fsp3) is 0.706. The van der Waals surface area contributed by atoms with Gasteiger partial charge in [-0.05, 0) is 25.2 Å². The van der Waals surface area contributed by atoms with E-state index < -0.39 is 0 Å². The van der Waals surface area contributed by atoms with Gasteiger partial charge in [-0.3, -0.25) is 18.7 Å². The Balaban J connectivity index is 2.10. The molecular weight excluding hydrogens is 308 g/mol. The SMILES string of the molecule is CC(C)CCNC(=O)C1CCCN(c2cc(=O)n(C)c(=O)n2C)C1. The Bertz CT molecular complexity index is 705. The second-order valence-corrected chi connectivity index (χ2v) is 7.00. The van der Waals surface area contributed by atoms with Crippen LogP contribution in [-0.2, 0) is 18.9 Å². The van der Waals surface area contributed by atoms with Crippen LogP contribution in [0.5, 0.6) is 0 Å². The molecule has 0 bridgehead atoms. The molecule has 134 valence electrons. The van der Waals surface area contributed by atoms with Crippen LogP contribution in [0.4, 0.5) is 5.82 Å². The summed E-state index contributed by atoms with van der Waals surface area (Å²) in [5, 5.41) is 3.00. The zero-order valence-corrected chi connectivity index (χ0v) is 15.0. The molecule has 1 aromatic heterocycles. The normalized spacial score (nSPS) is 18.0. The Labute approximate surface area is 142 Å². The minimum absolute atomic E-state index is 0.0641. The van der Waals surface area contributed by atoms with Crippen LogP contribution < -0.4 is 21.5 Å². The number of aromatic nitrogens is 2. The Morgan fingerprint density at radius 3 is 2.67 bits per heavy atom. The first-order chi connectivity index (χ1) is 11.3. The van der Waals surface area contributed by atoms with Gasteiger partial charge >= 0.3 is 5.69 Å². The quantitative estimate of drug-likeness (QED) is 0.848. The number of hydrogen-bond acceptors (Lipinski definition) is 4. The topological polar surface area (TPSA) is 76.3 Å². The Morgan fingerprint density at radius 2 is 2.00 bits per heavy atom. The maximum Gasteiger partial charge on any atom is 0.332 e. The molecule has 2 rings (SSSR count). The van der Waals surface area contributed by atoms with Gasteiger partial charge in [-0.15, -0.1) is 0 Å². The van der Waals surface area contributed by atoms with Crippen molar-refractivity contribution in [1.29, 1.82) is 0 Å². The summed E-state index contributed by atoms with van der Waals surface area (Å²) in [6.45, 7) is 6.23. The van der Waals surface area contributed by atoms with Crippen molar-refractivity contribution in [3.05, 3.63) is 26.9 Å². The summed E-state index contributed by atoms with van der Waals surface area (Å²) < 4.78 is 2.56. The van der Waals surface area contributed by atoms with Gasteiger partial charge in [0.15, 0.2) is 0 Å². The fourth-order valence-electron chi connectivity index (χ4n) is 3.05. The first kappa shape index (κ1) is 18.3. The lowest BCUT2D eigenvalue weighted by Gasteiger charge is -2.34. The van der Waals surface area contributed by atoms with Crippen LogP contribution in [0.3, 0.4) is 0 Å². The van der Waals surface area contributed by atoms with E-state index in [0.717, 1.165) is 30.4 Å². The largest absolute Gasteiger partial charge is 0.357 e. The lowest BCUT2D eigenvalue weighted by Crippen LogP contribution is -2.46. The molecule has 1 saturated heterocycles. The molecule has 1 amide bonds. The fourth-order valence-corrected chi connectivity index (χ4v) is 3.05. The lowest BCUT2D eigenvalue weighted by atomic mass is 9.97. The maximum atomic E-state index is 12.4. The van der Waals surface area contributed by atoms with Crippen molar-refractivity contribution in [2.45, 2.75) is 33.1 Å². The van der Waals surface area contributed by atoms with E-state index in [-0.39, 0.29) is 23.1 Å². The van der Waals surface area contributed by atoms with Gasteiger partial charge < -0.3 is 10.2 Å². The summed E-state index contributed by atoms with van der Waals surface area (Å²) in [5.41, 5.74) is -0.669. The zero-order chi connectivity index (χ0) is 17.9. The Hall–Kier alpha value is -2.05. The van der Waals surface area contributed by atoms with Crippen LogP contribution in [-0.4, -0.2) is 34.7 Å². The number of anilines is 1. The first-order valence-electron chi connectivity index (χ1n) is 8.61. The molecule has 24 heavy (non-hydrogen) atoms. The van der Waals surface area contributed by atoms with E-state index in [1.54, 1.807) is 7.05 Å². The van der Waals surface area contributed by atoms with Crippen LogP contribution in [0.25, 0.3) is 0 Å². The van der Waals surface area contributed by atoms with Gasteiger partial charge in [0.25, 0.3) is 5.56 Å². The first-order valence-corrected chi connectivity index (χ1v) is 8.61. The van der Waals surface area contributed by atoms with Gasteiger partial charge in [-0.25, -0.2) is 4.79 Å². The molecule has 0 aliphatic carbocycles. The minimum Gasteiger partial charge on any atom is -0.357 e. The van der Waals surface area contributed by atoms with Crippen molar-refractivity contribution >= 4 is 11.7 Å². The second kappa shape index (κ2) is 7.68. The smallest absolute Gasteiger partial charge is 0.332 e. The predicted molar refractivity (Wildman–Crippen MR) is 94.3 cm³/mol. The molecule has 1 aromatic rings. The third kappa shape index (κ3) is 4.07. The minimum atomic E-state index is -0.346. The van der Waals surface area contributed by atoms with Gasteiger partial charge in [-0.2, -0.15) is 0 Å².